The number of fused-ring (bicyclic) bond motifs is 1. The van der Waals surface area contributed by atoms with E-state index in [1.807, 2.05) is 30.3 Å². The maximum absolute atomic E-state index is 10.8. The number of thiazole rings is 1. The van der Waals surface area contributed by atoms with Gasteiger partial charge in [0.2, 0.25) is 0 Å². The second-order valence-corrected chi connectivity index (χ2v) is 4.51. The summed E-state index contributed by atoms with van der Waals surface area (Å²) in [5.41, 5.74) is 0.773. The fraction of sp³-hybridized carbons (Fsp3) is 0. The number of carboxylic acids is 1. The molecule has 0 saturated carbocycles. The smallest absolute Gasteiger partial charge is 0.347 e. The largest absolute Gasteiger partial charge is 0.477 e. The number of carbonyl (C=O) groups is 1. The molecule has 0 aliphatic heterocycles. The van der Waals surface area contributed by atoms with Crippen LogP contribution in [0.25, 0.3) is 21.7 Å². The highest BCUT2D eigenvalue weighted by Gasteiger charge is 2.13. The number of aromatic nitrogens is 1. The maximum Gasteiger partial charge on any atom is 0.347 e. The molecule has 0 saturated heterocycles. The third-order valence-corrected chi connectivity index (χ3v) is 3.35. The molecule has 0 unspecified atom stereocenters. The molecule has 2 aromatic heterocycles. The molecule has 17 heavy (non-hydrogen) atoms. The molecule has 0 radical (unpaired) electrons. The van der Waals surface area contributed by atoms with Gasteiger partial charge in [0.1, 0.15) is 10.5 Å². The molecule has 5 heteroatoms. The molecule has 1 aromatic carbocycles. The van der Waals surface area contributed by atoms with Gasteiger partial charge in [-0.3, -0.25) is 0 Å². The van der Waals surface area contributed by atoms with Gasteiger partial charge in [0.05, 0.1) is 6.20 Å². The van der Waals surface area contributed by atoms with Crippen LogP contribution in [-0.2, 0) is 0 Å². The third kappa shape index (κ3) is 1.70. The average Bonchev–Trinajstić information content (AvgIpc) is 2.95. The zero-order valence-electron chi connectivity index (χ0n) is 8.58. The lowest BCUT2D eigenvalue weighted by molar-refractivity contribution is 0.0702. The van der Waals surface area contributed by atoms with Gasteiger partial charge in [0.25, 0.3) is 0 Å². The van der Waals surface area contributed by atoms with Crippen molar-refractivity contribution in [1.29, 1.82) is 0 Å². The zero-order valence-corrected chi connectivity index (χ0v) is 9.40. The van der Waals surface area contributed by atoms with E-state index in [1.165, 1.54) is 6.20 Å². The number of furan rings is 1. The van der Waals surface area contributed by atoms with Crippen molar-refractivity contribution in [3.63, 3.8) is 0 Å². The first kappa shape index (κ1) is 10.0. The van der Waals surface area contributed by atoms with Crippen LogP contribution >= 0.6 is 11.3 Å². The van der Waals surface area contributed by atoms with Gasteiger partial charge in [0.15, 0.2) is 10.8 Å². The lowest BCUT2D eigenvalue weighted by Crippen LogP contribution is -1.89. The normalized spacial score (nSPS) is 10.8. The van der Waals surface area contributed by atoms with E-state index < -0.39 is 5.97 Å². The van der Waals surface area contributed by atoms with Crippen LogP contribution in [0.5, 0.6) is 0 Å². The monoisotopic (exact) mass is 245 g/mol. The first-order chi connectivity index (χ1) is 8.24. The zero-order chi connectivity index (χ0) is 11.8. The molecule has 84 valence electrons. The lowest BCUT2D eigenvalue weighted by Gasteiger charge is -1.86. The van der Waals surface area contributed by atoms with E-state index in [2.05, 4.69) is 4.98 Å². The Morgan fingerprint density at radius 1 is 1.35 bits per heavy atom. The van der Waals surface area contributed by atoms with Crippen molar-refractivity contribution >= 4 is 28.3 Å². The summed E-state index contributed by atoms with van der Waals surface area (Å²) < 4.78 is 5.60. The Morgan fingerprint density at radius 3 is 2.88 bits per heavy atom. The van der Waals surface area contributed by atoms with Crippen molar-refractivity contribution < 1.29 is 14.3 Å². The molecule has 0 bridgehead atoms. The molecular weight excluding hydrogens is 238 g/mol. The molecule has 0 aliphatic rings. The number of hydrogen-bond acceptors (Lipinski definition) is 4. The Balaban J connectivity index is 2.10. The van der Waals surface area contributed by atoms with E-state index in [0.29, 0.717) is 10.8 Å². The minimum absolute atomic E-state index is 0.209. The van der Waals surface area contributed by atoms with Crippen LogP contribution in [0.2, 0.25) is 0 Å². The van der Waals surface area contributed by atoms with Crippen LogP contribution in [-0.4, -0.2) is 16.1 Å². The SMILES string of the molecule is O=C(O)c1cnc(-c2cc3ccccc3o2)s1. The van der Waals surface area contributed by atoms with E-state index in [-0.39, 0.29) is 4.88 Å². The summed E-state index contributed by atoms with van der Waals surface area (Å²) in [4.78, 5) is 15.0. The Kier molecular flexibility index (Phi) is 2.19. The first-order valence-corrected chi connectivity index (χ1v) is 5.74. The Hall–Kier alpha value is -2.14. The maximum atomic E-state index is 10.8. The summed E-state index contributed by atoms with van der Waals surface area (Å²) in [6.45, 7) is 0. The highest BCUT2D eigenvalue weighted by Crippen LogP contribution is 2.30. The van der Waals surface area contributed by atoms with Crippen molar-refractivity contribution in [2.75, 3.05) is 0 Å². The van der Waals surface area contributed by atoms with Gasteiger partial charge >= 0.3 is 5.97 Å². The van der Waals surface area contributed by atoms with Gasteiger partial charge in [-0.1, -0.05) is 18.2 Å². The fourth-order valence-corrected chi connectivity index (χ4v) is 2.28. The van der Waals surface area contributed by atoms with Crippen molar-refractivity contribution in [1.82, 2.24) is 4.98 Å². The number of benzene rings is 1. The highest BCUT2D eigenvalue weighted by atomic mass is 32.1. The second-order valence-electron chi connectivity index (χ2n) is 3.48. The molecule has 0 spiro atoms. The summed E-state index contributed by atoms with van der Waals surface area (Å²) in [7, 11) is 0. The van der Waals surface area contributed by atoms with Gasteiger partial charge in [-0.15, -0.1) is 11.3 Å². The minimum atomic E-state index is -0.968. The van der Waals surface area contributed by atoms with Gasteiger partial charge in [-0.05, 0) is 12.1 Å². The minimum Gasteiger partial charge on any atom is -0.477 e. The number of aromatic carboxylic acids is 1. The predicted octanol–water partition coefficient (Wildman–Crippen LogP) is 3.25. The Bertz CT molecular complexity index is 665. The quantitative estimate of drug-likeness (QED) is 0.752. The summed E-state index contributed by atoms with van der Waals surface area (Å²) in [5, 5.41) is 10.4. The fourth-order valence-electron chi connectivity index (χ4n) is 1.57. The molecule has 0 aliphatic carbocycles. The predicted molar refractivity (Wildman–Crippen MR) is 64.3 cm³/mol. The molecule has 3 aromatic rings. The van der Waals surface area contributed by atoms with E-state index >= 15 is 0 Å². The van der Waals surface area contributed by atoms with Crippen LogP contribution < -0.4 is 0 Å². The topological polar surface area (TPSA) is 63.3 Å². The lowest BCUT2D eigenvalue weighted by atomic mass is 10.2. The van der Waals surface area contributed by atoms with Crippen LogP contribution in [0.1, 0.15) is 9.67 Å². The molecule has 0 fully saturated rings. The number of rotatable bonds is 2. The number of hydrogen-bond donors (Lipinski definition) is 1. The third-order valence-electron chi connectivity index (χ3n) is 2.35. The summed E-state index contributed by atoms with van der Waals surface area (Å²) in [6.07, 6.45) is 1.34. The van der Waals surface area contributed by atoms with Crippen molar-refractivity contribution in [3.8, 4) is 10.8 Å². The van der Waals surface area contributed by atoms with Gasteiger partial charge in [-0.25, -0.2) is 9.78 Å². The summed E-state index contributed by atoms with van der Waals surface area (Å²) in [5.74, 6) is -0.367. The first-order valence-electron chi connectivity index (χ1n) is 4.92. The molecular formula is C12H7NO3S. The van der Waals surface area contributed by atoms with E-state index in [1.54, 1.807) is 0 Å². The number of para-hydroxylation sites is 1. The molecule has 3 rings (SSSR count). The number of nitrogens with zero attached hydrogens (tertiary/aromatic N) is 1. The van der Waals surface area contributed by atoms with Crippen LogP contribution in [0.3, 0.4) is 0 Å². The average molecular weight is 245 g/mol. The van der Waals surface area contributed by atoms with E-state index in [0.717, 1.165) is 22.3 Å². The van der Waals surface area contributed by atoms with Crippen molar-refractivity contribution in [3.05, 3.63) is 41.4 Å². The van der Waals surface area contributed by atoms with E-state index in [9.17, 15) is 4.79 Å². The van der Waals surface area contributed by atoms with Crippen molar-refractivity contribution in [2.24, 2.45) is 0 Å². The summed E-state index contributed by atoms with van der Waals surface area (Å²) >= 11 is 1.10. The summed E-state index contributed by atoms with van der Waals surface area (Å²) in [6, 6.07) is 9.48. The molecule has 4 nitrogen and oxygen atoms in total. The Morgan fingerprint density at radius 2 is 2.18 bits per heavy atom. The molecule has 0 amide bonds. The van der Waals surface area contributed by atoms with Crippen LogP contribution in [0, 0.1) is 0 Å². The second kappa shape index (κ2) is 3.71. The van der Waals surface area contributed by atoms with Crippen molar-refractivity contribution in [2.45, 2.75) is 0 Å². The van der Waals surface area contributed by atoms with Gasteiger partial charge in [-0.2, -0.15) is 0 Å². The standard InChI is InChI=1S/C12H7NO3S/c14-12(15)10-6-13-11(17-10)9-5-7-3-1-2-4-8(7)16-9/h1-6H,(H,14,15). The molecule has 1 N–H and O–H groups in total. The molecule has 0 atom stereocenters. The van der Waals surface area contributed by atoms with Gasteiger partial charge < -0.3 is 9.52 Å². The molecule has 2 heterocycles. The highest BCUT2D eigenvalue weighted by molar-refractivity contribution is 7.16. The van der Waals surface area contributed by atoms with Gasteiger partial charge in [0, 0.05) is 5.39 Å². The van der Waals surface area contributed by atoms with Crippen LogP contribution in [0.4, 0.5) is 0 Å². The van der Waals surface area contributed by atoms with E-state index in [4.69, 9.17) is 9.52 Å². The Labute approximate surface area is 100 Å². The van der Waals surface area contributed by atoms with Crippen LogP contribution in [0.15, 0.2) is 40.9 Å². The number of carboxylic acid groups (broad SMARTS) is 1.